The molecule has 2 aromatic heterocycles. The molecule has 4 rings (SSSR count). The monoisotopic (exact) mass is 396 g/mol. The summed E-state index contributed by atoms with van der Waals surface area (Å²) >= 11 is 0. The Hall–Kier alpha value is -2.58. The van der Waals surface area contributed by atoms with Crippen LogP contribution in [0.25, 0.3) is 10.9 Å². The fourth-order valence-electron chi connectivity index (χ4n) is 4.20. The van der Waals surface area contributed by atoms with Gasteiger partial charge in [0.05, 0.1) is 18.7 Å². The van der Waals surface area contributed by atoms with Gasteiger partial charge in [-0.25, -0.2) is 4.68 Å². The zero-order valence-electron chi connectivity index (χ0n) is 17.1. The van der Waals surface area contributed by atoms with Crippen LogP contribution in [0.3, 0.4) is 0 Å². The highest BCUT2D eigenvalue weighted by Gasteiger charge is 2.30. The summed E-state index contributed by atoms with van der Waals surface area (Å²) in [6.07, 6.45) is 4.65. The molecule has 0 saturated carbocycles. The van der Waals surface area contributed by atoms with Crippen LogP contribution >= 0.6 is 0 Å². The van der Waals surface area contributed by atoms with Crippen molar-refractivity contribution in [3.05, 3.63) is 51.6 Å². The zero-order chi connectivity index (χ0) is 20.2. The highest BCUT2D eigenvalue weighted by molar-refractivity contribution is 5.82. The summed E-state index contributed by atoms with van der Waals surface area (Å²) in [4.78, 5) is 18.6. The number of benzene rings is 1. The van der Waals surface area contributed by atoms with Gasteiger partial charge in [-0.3, -0.25) is 9.69 Å². The van der Waals surface area contributed by atoms with Crippen molar-refractivity contribution in [2.45, 2.75) is 45.2 Å². The van der Waals surface area contributed by atoms with E-state index in [-0.39, 0.29) is 11.6 Å². The molecule has 8 nitrogen and oxygen atoms in total. The normalized spacial score (nSPS) is 16.8. The minimum absolute atomic E-state index is 0.0812. The minimum Gasteiger partial charge on any atom is -0.383 e. The number of aromatic amines is 1. The Labute approximate surface area is 169 Å². The van der Waals surface area contributed by atoms with E-state index in [9.17, 15) is 4.79 Å². The highest BCUT2D eigenvalue weighted by Crippen LogP contribution is 2.29. The molecular formula is C21H28N6O2. The molecule has 0 amide bonds. The van der Waals surface area contributed by atoms with Crippen molar-refractivity contribution >= 4 is 10.9 Å². The number of hydrogen-bond donors (Lipinski definition) is 1. The molecule has 1 aliphatic rings. The van der Waals surface area contributed by atoms with Crippen molar-refractivity contribution < 1.29 is 4.74 Å². The number of pyridine rings is 1. The first kappa shape index (κ1) is 19.7. The number of aromatic nitrogens is 5. The van der Waals surface area contributed by atoms with Crippen LogP contribution in [-0.2, 0) is 11.3 Å². The predicted molar refractivity (Wildman–Crippen MR) is 111 cm³/mol. The molecule has 1 fully saturated rings. The van der Waals surface area contributed by atoms with Crippen LogP contribution in [0.5, 0.6) is 0 Å². The van der Waals surface area contributed by atoms with Crippen molar-refractivity contribution in [3.63, 3.8) is 0 Å². The standard InChI is InChI=1S/C21H28N6O2/c1-15-8-7-9-16-14-17(21(28)22-18(15)16)19(26-10-5-3-4-6-11-26)20-23-24-25-27(20)12-13-29-2/h7-9,14,19H,3-6,10-13H2,1-2H3,(H,22,28)/t19-/m0/s1. The molecular weight excluding hydrogens is 368 g/mol. The maximum atomic E-state index is 13.2. The third kappa shape index (κ3) is 4.09. The summed E-state index contributed by atoms with van der Waals surface area (Å²) in [7, 11) is 1.66. The Balaban J connectivity index is 1.84. The summed E-state index contributed by atoms with van der Waals surface area (Å²) < 4.78 is 6.98. The van der Waals surface area contributed by atoms with Crippen molar-refractivity contribution in [1.29, 1.82) is 0 Å². The summed E-state index contributed by atoms with van der Waals surface area (Å²) in [5, 5.41) is 13.4. The molecule has 1 saturated heterocycles. The highest BCUT2D eigenvalue weighted by atomic mass is 16.5. The molecule has 1 aromatic carbocycles. The summed E-state index contributed by atoms with van der Waals surface area (Å²) in [6.45, 7) is 4.92. The number of rotatable bonds is 6. The van der Waals surface area contributed by atoms with Crippen LogP contribution in [0.15, 0.2) is 29.1 Å². The van der Waals surface area contributed by atoms with Crippen LogP contribution < -0.4 is 5.56 Å². The van der Waals surface area contributed by atoms with Crippen molar-refractivity contribution in [3.8, 4) is 0 Å². The number of ether oxygens (including phenoxy) is 1. The molecule has 1 N–H and O–H groups in total. The fourth-order valence-corrected chi connectivity index (χ4v) is 4.20. The predicted octanol–water partition coefficient (Wildman–Crippen LogP) is 2.43. The van der Waals surface area contributed by atoms with E-state index in [0.29, 0.717) is 24.5 Å². The zero-order valence-corrected chi connectivity index (χ0v) is 17.1. The molecule has 3 heterocycles. The molecule has 1 aliphatic heterocycles. The van der Waals surface area contributed by atoms with E-state index in [2.05, 4.69) is 25.4 Å². The van der Waals surface area contributed by atoms with Crippen LogP contribution in [0.4, 0.5) is 0 Å². The van der Waals surface area contributed by atoms with E-state index < -0.39 is 0 Å². The van der Waals surface area contributed by atoms with E-state index >= 15 is 0 Å². The second-order valence-corrected chi connectivity index (χ2v) is 7.70. The molecule has 29 heavy (non-hydrogen) atoms. The third-order valence-electron chi connectivity index (χ3n) is 5.73. The van der Waals surface area contributed by atoms with Gasteiger partial charge in [0.15, 0.2) is 5.82 Å². The minimum atomic E-state index is -0.284. The number of nitrogens with zero attached hydrogens (tertiary/aromatic N) is 5. The molecule has 0 spiro atoms. The van der Waals surface area contributed by atoms with E-state index in [1.54, 1.807) is 11.8 Å². The lowest BCUT2D eigenvalue weighted by Crippen LogP contribution is -2.36. The maximum absolute atomic E-state index is 13.2. The molecule has 3 aromatic rings. The van der Waals surface area contributed by atoms with Crippen LogP contribution in [0, 0.1) is 6.92 Å². The Bertz CT molecular complexity index is 1020. The molecule has 0 radical (unpaired) electrons. The summed E-state index contributed by atoms with van der Waals surface area (Å²) in [6, 6.07) is 7.79. The molecule has 1 atom stereocenters. The average molecular weight is 396 g/mol. The van der Waals surface area contributed by atoms with Gasteiger partial charge in [-0.2, -0.15) is 0 Å². The van der Waals surface area contributed by atoms with Crippen LogP contribution in [-0.4, -0.2) is 56.9 Å². The largest absolute Gasteiger partial charge is 0.383 e. The number of methoxy groups -OCH3 is 1. The first-order valence-corrected chi connectivity index (χ1v) is 10.3. The number of aryl methyl sites for hydroxylation is 1. The number of H-pyrrole nitrogens is 1. The summed E-state index contributed by atoms with van der Waals surface area (Å²) in [5.74, 6) is 0.696. The lowest BCUT2D eigenvalue weighted by molar-refractivity contribution is 0.175. The number of nitrogens with one attached hydrogen (secondary N) is 1. The Morgan fingerprint density at radius 3 is 2.76 bits per heavy atom. The summed E-state index contributed by atoms with van der Waals surface area (Å²) in [5.41, 5.74) is 2.55. The van der Waals surface area contributed by atoms with Gasteiger partial charge in [0.2, 0.25) is 0 Å². The lowest BCUT2D eigenvalue weighted by atomic mass is 10.0. The van der Waals surface area contributed by atoms with E-state index in [1.165, 1.54) is 12.8 Å². The number of tetrazole rings is 1. The Morgan fingerprint density at radius 1 is 1.21 bits per heavy atom. The SMILES string of the molecule is COCCn1nnnc1[C@H](c1cc2cccc(C)c2[nH]c1=O)N1CCCCCC1. The number of hydrogen-bond acceptors (Lipinski definition) is 6. The topological polar surface area (TPSA) is 88.9 Å². The van der Waals surface area contributed by atoms with Gasteiger partial charge in [-0.1, -0.05) is 31.0 Å². The van der Waals surface area contributed by atoms with Crippen molar-refractivity contribution in [1.82, 2.24) is 30.1 Å². The smallest absolute Gasteiger partial charge is 0.253 e. The molecule has 154 valence electrons. The first-order chi connectivity index (χ1) is 14.2. The van der Waals surface area contributed by atoms with E-state index in [0.717, 1.165) is 42.4 Å². The van der Waals surface area contributed by atoms with Crippen molar-refractivity contribution in [2.24, 2.45) is 0 Å². The number of fused-ring (bicyclic) bond motifs is 1. The Morgan fingerprint density at radius 2 is 2.00 bits per heavy atom. The maximum Gasteiger partial charge on any atom is 0.253 e. The molecule has 8 heteroatoms. The lowest BCUT2D eigenvalue weighted by Gasteiger charge is -2.29. The molecule has 0 aliphatic carbocycles. The van der Waals surface area contributed by atoms with Gasteiger partial charge in [-0.15, -0.1) is 5.10 Å². The van der Waals surface area contributed by atoms with Crippen molar-refractivity contribution in [2.75, 3.05) is 26.8 Å². The van der Waals surface area contributed by atoms with Gasteiger partial charge >= 0.3 is 0 Å². The number of likely N-dealkylation sites (tertiary alicyclic amines) is 1. The van der Waals surface area contributed by atoms with Gasteiger partial charge in [0.25, 0.3) is 5.56 Å². The van der Waals surface area contributed by atoms with Gasteiger partial charge < -0.3 is 9.72 Å². The average Bonchev–Trinajstić information content (AvgIpc) is 3.00. The van der Waals surface area contributed by atoms with Gasteiger partial charge in [0.1, 0.15) is 6.04 Å². The Kier molecular flexibility index (Phi) is 6.01. The second kappa shape index (κ2) is 8.84. The molecule has 0 unspecified atom stereocenters. The third-order valence-corrected chi connectivity index (χ3v) is 5.73. The fraction of sp³-hybridized carbons (Fsp3) is 0.524. The van der Waals surface area contributed by atoms with Crippen LogP contribution in [0.2, 0.25) is 0 Å². The molecule has 0 bridgehead atoms. The second-order valence-electron chi connectivity index (χ2n) is 7.70. The van der Waals surface area contributed by atoms with Crippen LogP contribution in [0.1, 0.15) is 48.7 Å². The first-order valence-electron chi connectivity index (χ1n) is 10.3. The quantitative estimate of drug-likeness (QED) is 0.688. The number of para-hydroxylation sites is 1. The van der Waals surface area contributed by atoms with E-state index in [1.807, 2.05) is 31.2 Å². The van der Waals surface area contributed by atoms with Gasteiger partial charge in [0, 0.05) is 12.7 Å². The van der Waals surface area contributed by atoms with E-state index in [4.69, 9.17) is 4.74 Å². The van der Waals surface area contributed by atoms with Gasteiger partial charge in [-0.05, 0) is 60.3 Å².